The summed E-state index contributed by atoms with van der Waals surface area (Å²) in [5.41, 5.74) is -3.42. The van der Waals surface area contributed by atoms with E-state index in [1.807, 2.05) is 0 Å². The van der Waals surface area contributed by atoms with Gasteiger partial charge in [-0.3, -0.25) is 4.79 Å². The van der Waals surface area contributed by atoms with Crippen molar-refractivity contribution in [3.8, 4) is 0 Å². The van der Waals surface area contributed by atoms with Gasteiger partial charge in [-0.05, 0) is 17.7 Å². The normalized spacial score (nSPS) is 25.7. The molecule has 1 saturated carbocycles. The Bertz CT molecular complexity index is 490. The zero-order chi connectivity index (χ0) is 13.0. The Morgan fingerprint density at radius 2 is 1.59 bits per heavy atom. The lowest BCUT2D eigenvalue weighted by atomic mass is 9.95. The largest absolute Gasteiger partial charge is 0.480 e. The van der Waals surface area contributed by atoms with E-state index in [-0.39, 0.29) is 12.1 Å². The van der Waals surface area contributed by atoms with E-state index in [1.54, 1.807) is 0 Å². The Kier molecular flexibility index (Phi) is 2.21. The van der Waals surface area contributed by atoms with Crippen LogP contribution in [0.15, 0.2) is 12.1 Å². The SMILES string of the molecule is O=C(O)C1(c2cc(F)c(F)c(F)c2)CC1(F)F. The van der Waals surface area contributed by atoms with Crippen molar-refractivity contribution in [2.45, 2.75) is 17.8 Å². The molecule has 1 fully saturated rings. The van der Waals surface area contributed by atoms with E-state index in [4.69, 9.17) is 5.11 Å². The van der Waals surface area contributed by atoms with E-state index in [2.05, 4.69) is 0 Å². The third-order valence-corrected chi connectivity index (χ3v) is 2.83. The first-order valence-electron chi connectivity index (χ1n) is 4.48. The van der Waals surface area contributed by atoms with Gasteiger partial charge in [0.2, 0.25) is 0 Å². The topological polar surface area (TPSA) is 37.3 Å². The van der Waals surface area contributed by atoms with E-state index in [0.717, 1.165) is 0 Å². The van der Waals surface area contributed by atoms with Crippen molar-refractivity contribution in [3.63, 3.8) is 0 Å². The molecule has 1 atom stereocenters. The van der Waals surface area contributed by atoms with E-state index in [1.165, 1.54) is 0 Å². The van der Waals surface area contributed by atoms with Crippen LogP contribution in [0.2, 0.25) is 0 Å². The molecular weight excluding hydrogens is 247 g/mol. The Balaban J connectivity index is 2.59. The molecular formula is C10H5F5O2. The van der Waals surface area contributed by atoms with Gasteiger partial charge in [0.25, 0.3) is 5.92 Å². The smallest absolute Gasteiger partial charge is 0.320 e. The van der Waals surface area contributed by atoms with Gasteiger partial charge in [0.05, 0.1) is 0 Å². The Morgan fingerprint density at radius 3 is 1.88 bits per heavy atom. The van der Waals surface area contributed by atoms with E-state index in [0.29, 0.717) is 0 Å². The molecule has 0 heterocycles. The quantitative estimate of drug-likeness (QED) is 0.648. The number of carboxylic acid groups (broad SMARTS) is 1. The summed E-state index contributed by atoms with van der Waals surface area (Å²) in [5.74, 6) is -10.7. The summed E-state index contributed by atoms with van der Waals surface area (Å²) in [6.45, 7) is 0. The predicted octanol–water partition coefficient (Wildman–Crippen LogP) is 2.47. The van der Waals surface area contributed by atoms with Crippen LogP contribution in [0.4, 0.5) is 22.0 Å². The molecule has 0 saturated heterocycles. The van der Waals surface area contributed by atoms with Gasteiger partial charge in [0.1, 0.15) is 0 Å². The van der Waals surface area contributed by atoms with Crippen LogP contribution in [-0.2, 0) is 10.2 Å². The first kappa shape index (κ1) is 11.8. The second-order valence-electron chi connectivity index (χ2n) is 3.85. The third kappa shape index (κ3) is 1.41. The van der Waals surface area contributed by atoms with Crippen LogP contribution in [0.25, 0.3) is 0 Å². The zero-order valence-corrected chi connectivity index (χ0v) is 8.11. The molecule has 1 aliphatic carbocycles. The second kappa shape index (κ2) is 3.18. The van der Waals surface area contributed by atoms with Crippen LogP contribution >= 0.6 is 0 Å². The van der Waals surface area contributed by atoms with Gasteiger partial charge in [0.15, 0.2) is 22.9 Å². The van der Waals surface area contributed by atoms with E-state index in [9.17, 15) is 26.7 Å². The van der Waals surface area contributed by atoms with Gasteiger partial charge in [-0.25, -0.2) is 22.0 Å². The van der Waals surface area contributed by atoms with Gasteiger partial charge >= 0.3 is 5.97 Å². The van der Waals surface area contributed by atoms with Gasteiger partial charge < -0.3 is 5.11 Å². The van der Waals surface area contributed by atoms with Crippen molar-refractivity contribution in [2.24, 2.45) is 0 Å². The molecule has 1 aromatic carbocycles. The molecule has 0 aliphatic heterocycles. The Labute approximate surface area is 91.7 Å². The summed E-state index contributed by atoms with van der Waals surface area (Å²) < 4.78 is 64.4. The molecule has 1 aromatic rings. The number of benzene rings is 1. The molecule has 17 heavy (non-hydrogen) atoms. The predicted molar refractivity (Wildman–Crippen MR) is 45.2 cm³/mol. The second-order valence-corrected chi connectivity index (χ2v) is 3.85. The maximum absolute atomic E-state index is 13.0. The number of rotatable bonds is 2. The lowest BCUT2D eigenvalue weighted by molar-refractivity contribution is -0.142. The molecule has 0 spiro atoms. The highest BCUT2D eigenvalue weighted by molar-refractivity contribution is 5.87. The average molecular weight is 252 g/mol. The number of carbonyl (C=O) groups is 1. The maximum Gasteiger partial charge on any atom is 0.320 e. The van der Waals surface area contributed by atoms with Gasteiger partial charge in [-0.15, -0.1) is 0 Å². The lowest BCUT2D eigenvalue weighted by Gasteiger charge is -2.12. The molecule has 2 rings (SSSR count). The number of alkyl halides is 2. The average Bonchev–Trinajstić information content (AvgIpc) is 2.79. The summed E-state index contributed by atoms with van der Waals surface area (Å²) in [6, 6.07) is 0.570. The van der Waals surface area contributed by atoms with Crippen LogP contribution < -0.4 is 0 Å². The summed E-state index contributed by atoms with van der Waals surface area (Å²) in [7, 11) is 0. The van der Waals surface area contributed by atoms with Crippen molar-refractivity contribution in [3.05, 3.63) is 35.1 Å². The van der Waals surface area contributed by atoms with Crippen LogP contribution in [-0.4, -0.2) is 17.0 Å². The molecule has 1 unspecified atom stereocenters. The van der Waals surface area contributed by atoms with Crippen LogP contribution in [0.1, 0.15) is 12.0 Å². The molecule has 92 valence electrons. The minimum Gasteiger partial charge on any atom is -0.480 e. The van der Waals surface area contributed by atoms with Gasteiger partial charge in [0, 0.05) is 6.42 Å². The van der Waals surface area contributed by atoms with E-state index >= 15 is 0 Å². The highest BCUT2D eigenvalue weighted by Gasteiger charge is 2.77. The summed E-state index contributed by atoms with van der Waals surface area (Å²) in [5, 5.41) is 8.73. The molecule has 1 aliphatic rings. The minimum absolute atomic E-state index is 0.285. The molecule has 0 amide bonds. The molecule has 1 N–H and O–H groups in total. The number of hydrogen-bond donors (Lipinski definition) is 1. The fourth-order valence-corrected chi connectivity index (χ4v) is 1.76. The monoisotopic (exact) mass is 252 g/mol. The van der Waals surface area contributed by atoms with Crippen molar-refractivity contribution in [1.82, 2.24) is 0 Å². The summed E-state index contributed by atoms with van der Waals surface area (Å²) >= 11 is 0. The number of aliphatic carboxylic acids is 1. The third-order valence-electron chi connectivity index (χ3n) is 2.83. The standard InChI is InChI=1S/C10H5F5O2/c11-5-1-4(2-6(12)7(5)13)9(8(16)17)3-10(9,14)15/h1-2H,3H2,(H,16,17). The fourth-order valence-electron chi connectivity index (χ4n) is 1.76. The number of halogens is 5. The van der Waals surface area contributed by atoms with Crippen molar-refractivity contribution in [2.75, 3.05) is 0 Å². The highest BCUT2D eigenvalue weighted by Crippen LogP contribution is 2.61. The minimum atomic E-state index is -3.59. The first-order chi connectivity index (χ1) is 7.72. The Morgan fingerprint density at radius 1 is 1.18 bits per heavy atom. The van der Waals surface area contributed by atoms with Gasteiger partial charge in [-0.2, -0.15) is 0 Å². The zero-order valence-electron chi connectivity index (χ0n) is 8.11. The first-order valence-corrected chi connectivity index (χ1v) is 4.48. The molecule has 7 heteroatoms. The number of hydrogen-bond acceptors (Lipinski definition) is 1. The van der Waals surface area contributed by atoms with Crippen molar-refractivity contribution < 1.29 is 31.9 Å². The van der Waals surface area contributed by atoms with Gasteiger partial charge in [-0.1, -0.05) is 0 Å². The lowest BCUT2D eigenvalue weighted by Crippen LogP contribution is -2.27. The molecule has 0 radical (unpaired) electrons. The molecule has 2 nitrogen and oxygen atoms in total. The summed E-state index contributed by atoms with van der Waals surface area (Å²) in [6.07, 6.45) is -1.06. The van der Waals surface area contributed by atoms with Crippen molar-refractivity contribution >= 4 is 5.97 Å². The van der Waals surface area contributed by atoms with Crippen LogP contribution in [0.5, 0.6) is 0 Å². The van der Waals surface area contributed by atoms with Crippen LogP contribution in [0, 0.1) is 17.5 Å². The highest BCUT2D eigenvalue weighted by atomic mass is 19.3. The maximum atomic E-state index is 13.0. The van der Waals surface area contributed by atoms with E-state index < -0.39 is 46.7 Å². The Hall–Kier alpha value is -1.66. The molecule has 0 aromatic heterocycles. The molecule has 0 bridgehead atoms. The van der Waals surface area contributed by atoms with Crippen molar-refractivity contribution in [1.29, 1.82) is 0 Å². The van der Waals surface area contributed by atoms with Crippen LogP contribution in [0.3, 0.4) is 0 Å². The summed E-state index contributed by atoms with van der Waals surface area (Å²) in [4.78, 5) is 10.8. The fraction of sp³-hybridized carbons (Fsp3) is 0.300. The number of carboxylic acids is 1.